The first-order chi connectivity index (χ1) is 17.1. The maximum Gasteiger partial charge on any atom is 0.416 e. The Morgan fingerprint density at radius 2 is 1.86 bits per heavy atom. The Hall–Kier alpha value is -3.74. The van der Waals surface area contributed by atoms with Crippen molar-refractivity contribution in [3.63, 3.8) is 0 Å². The molecule has 13 heteroatoms. The Labute approximate surface area is 203 Å². The van der Waals surface area contributed by atoms with E-state index < -0.39 is 52.9 Å². The number of fused-ring (bicyclic) bond motifs is 5. The van der Waals surface area contributed by atoms with Crippen LogP contribution in [0.5, 0.6) is 0 Å². The van der Waals surface area contributed by atoms with Crippen LogP contribution in [0.25, 0.3) is 11.0 Å². The van der Waals surface area contributed by atoms with E-state index >= 15 is 4.39 Å². The normalized spacial score (nSPS) is 29.8. The van der Waals surface area contributed by atoms with Crippen LogP contribution in [0.2, 0.25) is 0 Å². The topological polar surface area (TPSA) is 143 Å². The number of anilines is 2. The molecule has 4 aliphatic heterocycles. The molecule has 1 aromatic carbocycles. The molecule has 2 spiro atoms. The van der Waals surface area contributed by atoms with Crippen LogP contribution in [-0.4, -0.2) is 66.0 Å². The Balaban J connectivity index is 1.42. The fraction of sp³-hybridized carbons (Fsp3) is 0.522. The van der Waals surface area contributed by atoms with Gasteiger partial charge in [-0.1, -0.05) is 5.16 Å². The molecule has 188 valence electrons. The number of carbonyl (C=O) groups excluding carboxylic acids is 4. The highest BCUT2D eigenvalue weighted by atomic mass is 19.1. The van der Waals surface area contributed by atoms with Crippen LogP contribution >= 0.6 is 0 Å². The Morgan fingerprint density at radius 3 is 2.53 bits per heavy atom. The minimum absolute atomic E-state index is 0.119. The molecule has 7 rings (SSSR count). The summed E-state index contributed by atoms with van der Waals surface area (Å²) in [5, 5.41) is 8.64. The number of barbiturate groups is 1. The number of imide groups is 2. The first kappa shape index (κ1) is 21.5. The first-order valence-corrected chi connectivity index (χ1v) is 11.8. The van der Waals surface area contributed by atoms with Gasteiger partial charge in [0.1, 0.15) is 5.60 Å². The molecule has 3 atom stereocenters. The quantitative estimate of drug-likeness (QED) is 0.556. The summed E-state index contributed by atoms with van der Waals surface area (Å²) >= 11 is 0. The average molecular weight is 499 g/mol. The number of urea groups is 1. The van der Waals surface area contributed by atoms with Gasteiger partial charge < -0.3 is 18.9 Å². The van der Waals surface area contributed by atoms with E-state index in [2.05, 4.69) is 15.8 Å². The van der Waals surface area contributed by atoms with E-state index in [1.807, 2.05) is 6.92 Å². The second kappa shape index (κ2) is 6.72. The van der Waals surface area contributed by atoms with Gasteiger partial charge in [-0.25, -0.2) is 14.0 Å². The fourth-order valence-corrected chi connectivity index (χ4v) is 6.32. The van der Waals surface area contributed by atoms with E-state index in [0.717, 1.165) is 12.8 Å². The number of nitrogens with zero attached hydrogens (tertiary/aromatic N) is 3. The minimum atomic E-state index is -1.75. The van der Waals surface area contributed by atoms with Crippen molar-refractivity contribution in [2.24, 2.45) is 5.41 Å². The number of hydrogen-bond donors (Lipinski definition) is 2. The molecule has 12 nitrogen and oxygen atoms in total. The van der Waals surface area contributed by atoms with E-state index in [1.165, 1.54) is 4.90 Å². The molecular weight excluding hydrogens is 477 g/mol. The smallest absolute Gasteiger partial charge is 0.416 e. The number of amides is 5. The van der Waals surface area contributed by atoms with Gasteiger partial charge in [-0.05, 0) is 38.3 Å². The zero-order valence-corrected chi connectivity index (χ0v) is 19.4. The zero-order valence-electron chi connectivity index (χ0n) is 19.4. The summed E-state index contributed by atoms with van der Waals surface area (Å²) in [5.41, 5.74) is -1.87. The number of ether oxygens (including phenoxy) is 2. The highest BCUT2D eigenvalue weighted by molar-refractivity contribution is 6.20. The monoisotopic (exact) mass is 499 g/mol. The second-order valence-corrected chi connectivity index (χ2v) is 10.4. The summed E-state index contributed by atoms with van der Waals surface area (Å²) in [6.45, 7) is 4.01. The lowest BCUT2D eigenvalue weighted by molar-refractivity contribution is -0.153. The molecule has 5 heterocycles. The van der Waals surface area contributed by atoms with Crippen molar-refractivity contribution in [1.29, 1.82) is 0 Å². The van der Waals surface area contributed by atoms with Crippen molar-refractivity contribution in [2.75, 3.05) is 22.9 Å². The van der Waals surface area contributed by atoms with Gasteiger partial charge in [0.15, 0.2) is 17.1 Å². The van der Waals surface area contributed by atoms with Crippen molar-refractivity contribution in [2.45, 2.75) is 57.0 Å². The van der Waals surface area contributed by atoms with E-state index in [1.54, 1.807) is 17.9 Å². The Bertz CT molecular complexity index is 1380. The molecule has 1 saturated carbocycles. The van der Waals surface area contributed by atoms with Crippen LogP contribution in [0.15, 0.2) is 10.6 Å². The lowest BCUT2D eigenvalue weighted by atomic mass is 9.66. The number of benzene rings is 1. The summed E-state index contributed by atoms with van der Waals surface area (Å²) in [5.74, 6) is -2.13. The summed E-state index contributed by atoms with van der Waals surface area (Å²) < 4.78 is 32.9. The second-order valence-electron chi connectivity index (χ2n) is 10.4. The van der Waals surface area contributed by atoms with Crippen molar-refractivity contribution < 1.29 is 37.6 Å². The highest BCUT2D eigenvalue weighted by Crippen LogP contribution is 2.51. The van der Waals surface area contributed by atoms with E-state index in [0.29, 0.717) is 5.56 Å². The lowest BCUT2D eigenvalue weighted by Gasteiger charge is -2.55. The molecule has 4 fully saturated rings. The van der Waals surface area contributed by atoms with E-state index in [9.17, 15) is 19.2 Å². The Kier molecular flexibility index (Phi) is 4.02. The number of halogens is 1. The molecule has 36 heavy (non-hydrogen) atoms. The van der Waals surface area contributed by atoms with Crippen LogP contribution in [0, 0.1) is 11.2 Å². The van der Waals surface area contributed by atoms with Crippen LogP contribution < -0.4 is 20.4 Å². The van der Waals surface area contributed by atoms with Crippen molar-refractivity contribution in [1.82, 2.24) is 15.8 Å². The molecule has 2 aromatic rings. The summed E-state index contributed by atoms with van der Waals surface area (Å²) in [6.07, 6.45) is -0.254. The number of hydrogen-bond acceptors (Lipinski definition) is 9. The van der Waals surface area contributed by atoms with Crippen molar-refractivity contribution >= 4 is 46.4 Å². The van der Waals surface area contributed by atoms with Gasteiger partial charge >= 0.3 is 12.1 Å². The average Bonchev–Trinajstić information content (AvgIpc) is 3.28. The lowest BCUT2D eigenvalue weighted by Crippen LogP contribution is -2.75. The minimum Gasteiger partial charge on any atom is -0.441 e. The SMILES string of the molecule is C[C@@H]1CN2c3c(cc4c(N5CC6(CC6)OC5=O)noc4c3F)CC3(C(=O)NC(=O)NC3=O)[C@H]2[C@H](C)O1. The number of carbonyl (C=O) groups is 4. The predicted octanol–water partition coefficient (Wildman–Crippen LogP) is 1.35. The van der Waals surface area contributed by atoms with E-state index in [4.69, 9.17) is 14.0 Å². The molecular formula is C23H22FN5O7. The third-order valence-electron chi connectivity index (χ3n) is 7.98. The third-order valence-corrected chi connectivity index (χ3v) is 7.98. The van der Waals surface area contributed by atoms with Crippen LogP contribution in [0.4, 0.5) is 25.5 Å². The number of morpholine rings is 1. The van der Waals surface area contributed by atoms with Crippen LogP contribution in [0.3, 0.4) is 0 Å². The third kappa shape index (κ3) is 2.63. The molecule has 0 bridgehead atoms. The molecule has 5 amide bonds. The van der Waals surface area contributed by atoms with Crippen LogP contribution in [-0.2, 0) is 25.5 Å². The molecule has 1 aliphatic carbocycles. The van der Waals surface area contributed by atoms with Gasteiger partial charge in [-0.3, -0.25) is 25.1 Å². The first-order valence-electron chi connectivity index (χ1n) is 11.8. The zero-order chi connectivity index (χ0) is 25.1. The summed E-state index contributed by atoms with van der Waals surface area (Å²) in [4.78, 5) is 54.0. The summed E-state index contributed by atoms with van der Waals surface area (Å²) in [6, 6.07) is -0.188. The fourth-order valence-electron chi connectivity index (χ4n) is 6.32. The van der Waals surface area contributed by atoms with Gasteiger partial charge in [0.25, 0.3) is 0 Å². The van der Waals surface area contributed by atoms with Crippen molar-refractivity contribution in [3.05, 3.63) is 17.4 Å². The van der Waals surface area contributed by atoms with Gasteiger partial charge in [0.05, 0.1) is 35.9 Å². The molecule has 0 unspecified atom stereocenters. The molecule has 2 N–H and O–H groups in total. The van der Waals surface area contributed by atoms with E-state index in [-0.39, 0.29) is 48.1 Å². The van der Waals surface area contributed by atoms with Crippen molar-refractivity contribution in [3.8, 4) is 0 Å². The number of rotatable bonds is 1. The Morgan fingerprint density at radius 1 is 1.14 bits per heavy atom. The predicted molar refractivity (Wildman–Crippen MR) is 119 cm³/mol. The maximum absolute atomic E-state index is 16.1. The molecule has 5 aliphatic rings. The van der Waals surface area contributed by atoms with Crippen LogP contribution in [0.1, 0.15) is 32.3 Å². The largest absolute Gasteiger partial charge is 0.441 e. The van der Waals surface area contributed by atoms with Gasteiger partial charge in [-0.15, -0.1) is 0 Å². The molecule has 1 aromatic heterocycles. The molecule has 3 saturated heterocycles. The summed E-state index contributed by atoms with van der Waals surface area (Å²) in [7, 11) is 0. The number of aromatic nitrogens is 1. The van der Waals surface area contributed by atoms with Gasteiger partial charge in [0, 0.05) is 13.0 Å². The van der Waals surface area contributed by atoms with Gasteiger partial charge in [-0.2, -0.15) is 0 Å². The molecule has 0 radical (unpaired) electrons. The van der Waals surface area contributed by atoms with Gasteiger partial charge in [0.2, 0.25) is 17.4 Å². The maximum atomic E-state index is 16.1. The number of nitrogens with one attached hydrogen (secondary N) is 2. The standard InChI is InChI=1S/C23H22FN5O7/c1-9-7-28-14-11(6-23(16(28)10(2)34-9)18(30)25-20(32)26-19(23)31)5-12-15(13(14)24)36-27-17(12)29-8-22(3-4-22)35-21(29)33/h5,9-10,16H,3-4,6-8H2,1-2H3,(H2,25,26,30,31,32)/t9-,10+,16-/m1/s1. The highest BCUT2D eigenvalue weighted by Gasteiger charge is 2.63.